The Labute approximate surface area is 136 Å². The second-order valence-electron chi connectivity index (χ2n) is 4.35. The first-order chi connectivity index (χ1) is 10.5. The number of methoxy groups -OCH3 is 1. The van der Waals surface area contributed by atoms with Gasteiger partial charge in [0.05, 0.1) is 7.11 Å². The van der Waals surface area contributed by atoms with Gasteiger partial charge in [0.2, 0.25) is 5.91 Å². The Morgan fingerprint density at radius 1 is 1.32 bits per heavy atom. The molecule has 22 heavy (non-hydrogen) atoms. The number of thiazole rings is 1. The molecule has 0 aliphatic rings. The molecule has 0 bridgehead atoms. The lowest BCUT2D eigenvalue weighted by Crippen LogP contribution is -2.31. The molecule has 6 nitrogen and oxygen atoms in total. The van der Waals surface area contributed by atoms with Gasteiger partial charge in [-0.2, -0.15) is 0 Å². The summed E-state index contributed by atoms with van der Waals surface area (Å²) < 4.78 is 4.60. The Balaban J connectivity index is 2.01. The minimum absolute atomic E-state index is 0.0509. The van der Waals surface area contributed by atoms with Crippen LogP contribution >= 0.6 is 22.9 Å². The number of carbonyl (C=O) groups is 2. The van der Waals surface area contributed by atoms with Crippen molar-refractivity contribution in [2.45, 2.75) is 13.0 Å². The van der Waals surface area contributed by atoms with Gasteiger partial charge in [0.15, 0.2) is 15.2 Å². The van der Waals surface area contributed by atoms with Gasteiger partial charge in [-0.3, -0.25) is 4.79 Å². The van der Waals surface area contributed by atoms with Crippen molar-refractivity contribution >= 4 is 45.6 Å². The number of aromatic nitrogens is 1. The maximum absolute atomic E-state index is 12.1. The van der Waals surface area contributed by atoms with Gasteiger partial charge in [-0.25, -0.2) is 9.78 Å². The highest BCUT2D eigenvalue weighted by Crippen LogP contribution is 2.28. The highest BCUT2D eigenvalue weighted by Gasteiger charge is 2.20. The second-order valence-corrected chi connectivity index (χ2v) is 5.71. The van der Waals surface area contributed by atoms with E-state index in [1.54, 1.807) is 19.1 Å². The molecule has 8 heteroatoms. The zero-order chi connectivity index (χ0) is 16.1. The van der Waals surface area contributed by atoms with Gasteiger partial charge in [-0.15, -0.1) is 0 Å². The average molecular weight is 340 g/mol. The van der Waals surface area contributed by atoms with Crippen LogP contribution in [0.3, 0.4) is 0 Å². The average Bonchev–Trinajstić information content (AvgIpc) is 2.88. The van der Waals surface area contributed by atoms with E-state index in [2.05, 4.69) is 20.4 Å². The summed E-state index contributed by atoms with van der Waals surface area (Å²) in [7, 11) is 1.27. The third-order valence-electron chi connectivity index (χ3n) is 2.73. The molecule has 1 aromatic heterocycles. The second kappa shape index (κ2) is 7.24. The largest absolute Gasteiger partial charge is 0.465 e. The van der Waals surface area contributed by atoms with Crippen LogP contribution in [0.2, 0.25) is 5.15 Å². The summed E-state index contributed by atoms with van der Waals surface area (Å²) in [6.07, 6.45) is 0. The number of para-hydroxylation sites is 1. The Morgan fingerprint density at radius 3 is 2.64 bits per heavy atom. The molecule has 0 aliphatic heterocycles. The summed E-state index contributed by atoms with van der Waals surface area (Å²) in [6.45, 7) is 1.69. The maximum atomic E-state index is 12.1. The minimum Gasteiger partial charge on any atom is -0.465 e. The van der Waals surface area contributed by atoms with E-state index in [4.69, 9.17) is 11.6 Å². The quantitative estimate of drug-likeness (QED) is 0.818. The van der Waals surface area contributed by atoms with Crippen molar-refractivity contribution in [2.24, 2.45) is 0 Å². The molecule has 116 valence electrons. The molecular weight excluding hydrogens is 326 g/mol. The van der Waals surface area contributed by atoms with Crippen LogP contribution in [-0.2, 0) is 9.53 Å². The van der Waals surface area contributed by atoms with Crippen LogP contribution in [0.4, 0.5) is 10.8 Å². The SMILES string of the molecule is COC(=O)c1sc(NC(C)C(=O)Nc2ccccc2)nc1Cl. The predicted molar refractivity (Wildman–Crippen MR) is 86.6 cm³/mol. The number of esters is 1. The van der Waals surface area contributed by atoms with Crippen LogP contribution in [0.1, 0.15) is 16.6 Å². The number of amides is 1. The smallest absolute Gasteiger partial charge is 0.351 e. The van der Waals surface area contributed by atoms with E-state index >= 15 is 0 Å². The molecule has 0 fully saturated rings. The third-order valence-corrected chi connectivity index (χ3v) is 4.08. The van der Waals surface area contributed by atoms with Crippen LogP contribution < -0.4 is 10.6 Å². The minimum atomic E-state index is -0.558. The highest BCUT2D eigenvalue weighted by atomic mass is 35.5. The molecule has 2 aromatic rings. The van der Waals surface area contributed by atoms with Crippen LogP contribution in [0.15, 0.2) is 30.3 Å². The normalized spacial score (nSPS) is 11.6. The number of carbonyl (C=O) groups excluding carboxylic acids is 2. The molecule has 0 radical (unpaired) electrons. The van der Waals surface area contributed by atoms with E-state index in [1.807, 2.05) is 18.2 Å². The van der Waals surface area contributed by atoms with E-state index in [0.29, 0.717) is 10.8 Å². The standard InChI is InChI=1S/C14H14ClN3O3S/c1-8(12(19)17-9-6-4-3-5-7-9)16-14-18-11(15)10(22-14)13(20)21-2/h3-8H,1-2H3,(H,16,18)(H,17,19). The number of nitrogens with zero attached hydrogens (tertiary/aromatic N) is 1. The first kappa shape index (κ1) is 16.3. The van der Waals surface area contributed by atoms with E-state index in [-0.39, 0.29) is 15.9 Å². The molecule has 1 aromatic carbocycles. The Morgan fingerprint density at radius 2 is 2.00 bits per heavy atom. The molecular formula is C14H14ClN3O3S. The van der Waals surface area contributed by atoms with Crippen molar-refractivity contribution in [2.75, 3.05) is 17.7 Å². The number of hydrogen-bond acceptors (Lipinski definition) is 6. The number of nitrogens with one attached hydrogen (secondary N) is 2. The Hall–Kier alpha value is -2.12. The van der Waals surface area contributed by atoms with E-state index in [0.717, 1.165) is 11.3 Å². The zero-order valence-corrected chi connectivity index (χ0v) is 13.5. The molecule has 1 amide bonds. The molecule has 0 spiro atoms. The first-order valence-electron chi connectivity index (χ1n) is 6.38. The highest BCUT2D eigenvalue weighted by molar-refractivity contribution is 7.18. The van der Waals surface area contributed by atoms with E-state index in [1.165, 1.54) is 7.11 Å². The third kappa shape index (κ3) is 3.96. The number of halogens is 1. The van der Waals surface area contributed by atoms with Gasteiger partial charge in [0.25, 0.3) is 0 Å². The molecule has 1 heterocycles. The Kier molecular flexibility index (Phi) is 5.35. The van der Waals surface area contributed by atoms with Crippen molar-refractivity contribution in [1.82, 2.24) is 4.98 Å². The monoisotopic (exact) mass is 339 g/mol. The summed E-state index contributed by atoms with van der Waals surface area (Å²) in [5.74, 6) is -0.783. The van der Waals surface area contributed by atoms with E-state index < -0.39 is 12.0 Å². The lowest BCUT2D eigenvalue weighted by atomic mass is 10.3. The van der Waals surface area contributed by atoms with Crippen LogP contribution in [0.25, 0.3) is 0 Å². The van der Waals surface area contributed by atoms with Crippen molar-refractivity contribution < 1.29 is 14.3 Å². The first-order valence-corrected chi connectivity index (χ1v) is 7.57. The van der Waals surface area contributed by atoms with Crippen molar-refractivity contribution in [3.8, 4) is 0 Å². The number of rotatable bonds is 5. The summed E-state index contributed by atoms with van der Waals surface area (Å²) >= 11 is 6.90. The van der Waals surface area contributed by atoms with Crippen LogP contribution in [0.5, 0.6) is 0 Å². The number of hydrogen-bond donors (Lipinski definition) is 2. The maximum Gasteiger partial charge on any atom is 0.351 e. The lowest BCUT2D eigenvalue weighted by Gasteiger charge is -2.13. The fraction of sp³-hybridized carbons (Fsp3) is 0.214. The number of benzene rings is 1. The van der Waals surface area contributed by atoms with Gasteiger partial charge in [-0.1, -0.05) is 41.1 Å². The molecule has 0 saturated heterocycles. The molecule has 0 saturated carbocycles. The topological polar surface area (TPSA) is 80.3 Å². The van der Waals surface area contributed by atoms with Crippen LogP contribution in [-0.4, -0.2) is 30.0 Å². The summed E-state index contributed by atoms with van der Waals surface area (Å²) in [5.41, 5.74) is 0.702. The van der Waals surface area contributed by atoms with Gasteiger partial charge in [0, 0.05) is 5.69 Å². The van der Waals surface area contributed by atoms with E-state index in [9.17, 15) is 9.59 Å². The van der Waals surface area contributed by atoms with Gasteiger partial charge in [-0.05, 0) is 19.1 Å². The zero-order valence-electron chi connectivity index (χ0n) is 11.9. The molecule has 2 rings (SSSR count). The van der Waals surface area contributed by atoms with Gasteiger partial charge < -0.3 is 15.4 Å². The van der Waals surface area contributed by atoms with Crippen molar-refractivity contribution in [3.05, 3.63) is 40.4 Å². The summed E-state index contributed by atoms with van der Waals surface area (Å²) in [6, 6.07) is 8.56. The Bertz CT molecular complexity index is 675. The fourth-order valence-electron chi connectivity index (χ4n) is 1.60. The molecule has 0 aliphatic carbocycles. The van der Waals surface area contributed by atoms with Crippen molar-refractivity contribution in [3.63, 3.8) is 0 Å². The van der Waals surface area contributed by atoms with Crippen LogP contribution in [0, 0.1) is 0 Å². The van der Waals surface area contributed by atoms with Gasteiger partial charge >= 0.3 is 5.97 Å². The lowest BCUT2D eigenvalue weighted by molar-refractivity contribution is -0.116. The van der Waals surface area contributed by atoms with Gasteiger partial charge in [0.1, 0.15) is 6.04 Å². The number of anilines is 2. The summed E-state index contributed by atoms with van der Waals surface area (Å²) in [5, 5.41) is 6.10. The fourth-order valence-corrected chi connectivity index (χ4v) is 2.79. The molecule has 1 unspecified atom stereocenters. The number of ether oxygens (including phenoxy) is 1. The van der Waals surface area contributed by atoms with Crippen molar-refractivity contribution in [1.29, 1.82) is 0 Å². The molecule has 2 N–H and O–H groups in total. The predicted octanol–water partition coefficient (Wildman–Crippen LogP) is 3.02. The molecule has 1 atom stereocenters. The summed E-state index contributed by atoms with van der Waals surface area (Å²) in [4.78, 5) is 27.7.